The molecule has 2 rings (SSSR count). The van der Waals surface area contributed by atoms with Crippen LogP contribution in [-0.4, -0.2) is 6.04 Å². The molecular weight excluding hydrogens is 246 g/mol. The molecule has 1 aromatic heterocycles. The Hall–Kier alpha value is -0.470. The van der Waals surface area contributed by atoms with Gasteiger partial charge in [-0.1, -0.05) is 27.7 Å². The Morgan fingerprint density at radius 3 is 2.33 bits per heavy atom. The van der Waals surface area contributed by atoms with E-state index in [9.17, 15) is 0 Å². The Balaban J connectivity index is 1.93. The minimum Gasteiger partial charge on any atom is -0.448 e. The maximum Gasteiger partial charge on any atom is 0.193 e. The molecule has 1 saturated carbocycles. The highest BCUT2D eigenvalue weighted by atomic mass is 35.5. The van der Waals surface area contributed by atoms with Gasteiger partial charge in [-0.3, -0.25) is 0 Å². The Bertz CT molecular complexity index is 392. The van der Waals surface area contributed by atoms with Gasteiger partial charge in [0.1, 0.15) is 5.76 Å². The van der Waals surface area contributed by atoms with Gasteiger partial charge in [0, 0.05) is 6.04 Å². The van der Waals surface area contributed by atoms with Crippen molar-refractivity contribution in [1.82, 2.24) is 5.32 Å². The van der Waals surface area contributed by atoms with Crippen LogP contribution in [0.15, 0.2) is 16.5 Å². The Morgan fingerprint density at radius 1 is 1.22 bits per heavy atom. The summed E-state index contributed by atoms with van der Waals surface area (Å²) in [5, 5.41) is 4.08. The molecule has 1 aliphatic rings. The maximum absolute atomic E-state index is 5.78. The standard InChI is InChI=1S/C15H24ClNO/c1-14(2)7-11(8-15(3,4)10-14)17-9-12-5-6-13(16)18-12/h5-6,11,17H,7-10H2,1-4H3. The van der Waals surface area contributed by atoms with Crippen LogP contribution in [0.2, 0.25) is 5.22 Å². The minimum absolute atomic E-state index is 0.417. The van der Waals surface area contributed by atoms with Crippen LogP contribution in [0.3, 0.4) is 0 Å². The number of hydrogen-bond acceptors (Lipinski definition) is 2. The van der Waals surface area contributed by atoms with Gasteiger partial charge in [-0.25, -0.2) is 0 Å². The number of halogens is 1. The topological polar surface area (TPSA) is 25.2 Å². The van der Waals surface area contributed by atoms with Crippen LogP contribution in [0.5, 0.6) is 0 Å². The van der Waals surface area contributed by atoms with E-state index in [4.69, 9.17) is 16.0 Å². The van der Waals surface area contributed by atoms with Crippen molar-refractivity contribution in [2.75, 3.05) is 0 Å². The molecule has 1 aromatic rings. The average Bonchev–Trinajstić information content (AvgIpc) is 2.56. The van der Waals surface area contributed by atoms with Gasteiger partial charge < -0.3 is 9.73 Å². The van der Waals surface area contributed by atoms with Crippen LogP contribution < -0.4 is 5.32 Å². The molecule has 0 saturated heterocycles. The summed E-state index contributed by atoms with van der Waals surface area (Å²) in [4.78, 5) is 0. The number of furan rings is 1. The molecule has 1 N–H and O–H groups in total. The van der Waals surface area contributed by atoms with E-state index in [1.165, 1.54) is 19.3 Å². The van der Waals surface area contributed by atoms with Crippen molar-refractivity contribution >= 4 is 11.6 Å². The number of hydrogen-bond donors (Lipinski definition) is 1. The lowest BCUT2D eigenvalue weighted by molar-refractivity contribution is 0.0837. The maximum atomic E-state index is 5.78. The van der Waals surface area contributed by atoms with E-state index in [1.54, 1.807) is 6.07 Å². The molecule has 1 heterocycles. The second-order valence-corrected chi connectivity index (χ2v) is 7.57. The zero-order valence-electron chi connectivity index (χ0n) is 11.8. The van der Waals surface area contributed by atoms with Crippen molar-refractivity contribution in [3.63, 3.8) is 0 Å². The van der Waals surface area contributed by atoms with Crippen molar-refractivity contribution in [2.24, 2.45) is 10.8 Å². The molecule has 1 fully saturated rings. The summed E-state index contributed by atoms with van der Waals surface area (Å²) < 4.78 is 5.38. The second-order valence-electron chi connectivity index (χ2n) is 7.20. The monoisotopic (exact) mass is 269 g/mol. The molecular formula is C15H24ClNO. The summed E-state index contributed by atoms with van der Waals surface area (Å²) >= 11 is 5.78. The molecule has 0 unspecified atom stereocenters. The van der Waals surface area contributed by atoms with Crippen molar-refractivity contribution < 1.29 is 4.42 Å². The van der Waals surface area contributed by atoms with Crippen LogP contribution in [0.1, 0.15) is 52.7 Å². The molecule has 0 radical (unpaired) electrons. The number of nitrogens with one attached hydrogen (secondary N) is 1. The lowest BCUT2D eigenvalue weighted by Gasteiger charge is -2.45. The fourth-order valence-electron chi connectivity index (χ4n) is 3.68. The van der Waals surface area contributed by atoms with Gasteiger partial charge in [-0.05, 0) is 53.8 Å². The van der Waals surface area contributed by atoms with Crippen LogP contribution in [0, 0.1) is 10.8 Å². The summed E-state index contributed by atoms with van der Waals surface area (Å²) in [6, 6.07) is 4.30. The first kappa shape index (κ1) is 14.0. The van der Waals surface area contributed by atoms with Crippen LogP contribution in [0.25, 0.3) is 0 Å². The third kappa shape index (κ3) is 3.76. The van der Waals surface area contributed by atoms with Crippen molar-refractivity contribution in [3.05, 3.63) is 23.1 Å². The van der Waals surface area contributed by atoms with E-state index in [1.807, 2.05) is 6.07 Å². The van der Waals surface area contributed by atoms with E-state index in [2.05, 4.69) is 33.0 Å². The molecule has 0 amide bonds. The Kier molecular flexibility index (Phi) is 3.80. The van der Waals surface area contributed by atoms with Gasteiger partial charge in [0.2, 0.25) is 0 Å². The molecule has 0 aromatic carbocycles. The molecule has 18 heavy (non-hydrogen) atoms. The quantitative estimate of drug-likeness (QED) is 0.866. The summed E-state index contributed by atoms with van der Waals surface area (Å²) in [6.07, 6.45) is 3.75. The van der Waals surface area contributed by atoms with Gasteiger partial charge in [-0.15, -0.1) is 0 Å². The van der Waals surface area contributed by atoms with E-state index in [-0.39, 0.29) is 0 Å². The first-order valence-electron chi connectivity index (χ1n) is 6.73. The predicted molar refractivity (Wildman–Crippen MR) is 75.8 cm³/mol. The Morgan fingerprint density at radius 2 is 1.83 bits per heavy atom. The van der Waals surface area contributed by atoms with Crippen molar-refractivity contribution in [3.8, 4) is 0 Å². The first-order chi connectivity index (χ1) is 8.26. The van der Waals surface area contributed by atoms with Gasteiger partial charge in [0.25, 0.3) is 0 Å². The molecule has 1 aliphatic carbocycles. The van der Waals surface area contributed by atoms with E-state index >= 15 is 0 Å². The SMILES string of the molecule is CC1(C)CC(NCc2ccc(Cl)o2)CC(C)(C)C1. The fourth-order valence-corrected chi connectivity index (χ4v) is 3.84. The van der Waals surface area contributed by atoms with Crippen LogP contribution in [0.4, 0.5) is 0 Å². The zero-order valence-corrected chi connectivity index (χ0v) is 12.6. The van der Waals surface area contributed by atoms with E-state index in [0.29, 0.717) is 22.1 Å². The van der Waals surface area contributed by atoms with Gasteiger partial charge in [0.05, 0.1) is 6.54 Å². The lowest BCUT2D eigenvalue weighted by atomic mass is 9.63. The predicted octanol–water partition coefficient (Wildman–Crippen LogP) is 4.63. The Labute approximate surface area is 115 Å². The summed E-state index contributed by atoms with van der Waals surface area (Å²) in [6.45, 7) is 10.2. The minimum atomic E-state index is 0.417. The van der Waals surface area contributed by atoms with Gasteiger partial charge in [0.15, 0.2) is 5.22 Å². The molecule has 2 nitrogen and oxygen atoms in total. The smallest absolute Gasteiger partial charge is 0.193 e. The van der Waals surface area contributed by atoms with Crippen LogP contribution in [-0.2, 0) is 6.54 Å². The first-order valence-corrected chi connectivity index (χ1v) is 7.11. The molecule has 0 bridgehead atoms. The van der Waals surface area contributed by atoms with E-state index < -0.39 is 0 Å². The van der Waals surface area contributed by atoms with Gasteiger partial charge >= 0.3 is 0 Å². The van der Waals surface area contributed by atoms with Crippen LogP contribution >= 0.6 is 11.6 Å². The largest absolute Gasteiger partial charge is 0.448 e. The lowest BCUT2D eigenvalue weighted by Crippen LogP contribution is -2.43. The molecule has 102 valence electrons. The molecule has 0 spiro atoms. The summed E-state index contributed by atoms with van der Waals surface area (Å²) in [5.74, 6) is 0.918. The highest BCUT2D eigenvalue weighted by Gasteiger charge is 2.38. The van der Waals surface area contributed by atoms with Crippen molar-refractivity contribution in [1.29, 1.82) is 0 Å². The highest BCUT2D eigenvalue weighted by molar-refractivity contribution is 6.28. The van der Waals surface area contributed by atoms with Gasteiger partial charge in [-0.2, -0.15) is 0 Å². The third-order valence-electron chi connectivity index (χ3n) is 3.75. The van der Waals surface area contributed by atoms with Crippen molar-refractivity contribution in [2.45, 2.75) is 59.5 Å². The fraction of sp³-hybridized carbons (Fsp3) is 0.733. The summed E-state index contributed by atoms with van der Waals surface area (Å²) in [7, 11) is 0. The van der Waals surface area contributed by atoms with E-state index in [0.717, 1.165) is 12.3 Å². The highest BCUT2D eigenvalue weighted by Crippen LogP contribution is 2.45. The zero-order chi connectivity index (χ0) is 13.4. The average molecular weight is 270 g/mol. The third-order valence-corrected chi connectivity index (χ3v) is 3.95. The molecule has 0 aliphatic heterocycles. The molecule has 3 heteroatoms. The number of rotatable bonds is 3. The normalized spacial score (nSPS) is 23.2. The second kappa shape index (κ2) is 4.90. The summed E-state index contributed by atoms with van der Waals surface area (Å²) in [5.41, 5.74) is 0.834. The molecule has 0 atom stereocenters.